The van der Waals surface area contributed by atoms with Crippen LogP contribution in [0.4, 0.5) is 5.69 Å². The van der Waals surface area contributed by atoms with E-state index in [2.05, 4.69) is 0 Å². The summed E-state index contributed by atoms with van der Waals surface area (Å²) in [5.74, 6) is 0.0476. The first kappa shape index (κ1) is 9.21. The van der Waals surface area contributed by atoms with Crippen LogP contribution in [0.25, 0.3) is 5.57 Å². The van der Waals surface area contributed by atoms with Crippen molar-refractivity contribution in [1.82, 2.24) is 0 Å². The maximum atomic E-state index is 12.1. The van der Waals surface area contributed by atoms with Gasteiger partial charge in [0, 0.05) is 23.4 Å². The monoisotopic (exact) mass is 212 g/mol. The molecule has 4 N–H and O–H groups in total. The third-order valence-corrected chi connectivity index (χ3v) is 3.23. The van der Waals surface area contributed by atoms with E-state index in [-0.39, 0.29) is 11.7 Å². The lowest BCUT2D eigenvalue weighted by Gasteiger charge is -2.15. The van der Waals surface area contributed by atoms with Crippen LogP contribution < -0.4 is 11.5 Å². The van der Waals surface area contributed by atoms with Crippen LogP contribution in [0.3, 0.4) is 0 Å². The molecule has 0 aromatic heterocycles. The van der Waals surface area contributed by atoms with E-state index in [1.54, 1.807) is 6.07 Å². The third-order valence-electron chi connectivity index (χ3n) is 3.23. The van der Waals surface area contributed by atoms with Gasteiger partial charge in [0.2, 0.25) is 0 Å². The Bertz CT molecular complexity index is 555. The maximum Gasteiger partial charge on any atom is 0.171 e. The summed E-state index contributed by atoms with van der Waals surface area (Å²) in [5.41, 5.74) is 15.7. The predicted octanol–water partition coefficient (Wildman–Crippen LogP) is 1.71. The number of carbonyl (C=O) groups is 1. The van der Waals surface area contributed by atoms with Crippen molar-refractivity contribution >= 4 is 17.0 Å². The number of hydrogen-bond acceptors (Lipinski definition) is 3. The molecule has 0 radical (unpaired) electrons. The molecule has 1 unspecified atom stereocenters. The highest BCUT2D eigenvalue weighted by Crippen LogP contribution is 2.42. The Morgan fingerprint density at radius 3 is 2.75 bits per heavy atom. The molecule has 0 heterocycles. The molecule has 0 saturated carbocycles. The molecule has 3 heteroatoms. The molecule has 80 valence electrons. The van der Waals surface area contributed by atoms with Crippen LogP contribution in [0.5, 0.6) is 0 Å². The molecular weight excluding hydrogens is 200 g/mol. The standard InChI is InChI=1S/C13H12N2O/c14-7-1-3-9-10-4-2-8(15)6-12(10)13(16)11(9)5-7/h1-5,12H,6,14-15H2. The minimum atomic E-state index is -0.0956. The van der Waals surface area contributed by atoms with E-state index in [0.29, 0.717) is 12.1 Å². The first-order valence-electron chi connectivity index (χ1n) is 5.27. The van der Waals surface area contributed by atoms with Gasteiger partial charge in [-0.1, -0.05) is 12.1 Å². The summed E-state index contributed by atoms with van der Waals surface area (Å²) in [5, 5.41) is 0. The highest BCUT2D eigenvalue weighted by molar-refractivity contribution is 6.15. The molecule has 0 aliphatic heterocycles. The van der Waals surface area contributed by atoms with Crippen molar-refractivity contribution in [2.24, 2.45) is 11.7 Å². The highest BCUT2D eigenvalue weighted by atomic mass is 16.1. The predicted molar refractivity (Wildman–Crippen MR) is 63.5 cm³/mol. The number of ketones is 1. The minimum absolute atomic E-state index is 0.0956. The average molecular weight is 212 g/mol. The van der Waals surface area contributed by atoms with Crippen molar-refractivity contribution in [3.63, 3.8) is 0 Å². The number of anilines is 1. The average Bonchev–Trinajstić information content (AvgIpc) is 2.53. The smallest absolute Gasteiger partial charge is 0.171 e. The first-order chi connectivity index (χ1) is 7.66. The Balaban J connectivity index is 2.21. The summed E-state index contributed by atoms with van der Waals surface area (Å²) in [4.78, 5) is 12.1. The van der Waals surface area contributed by atoms with Gasteiger partial charge in [0.05, 0.1) is 5.92 Å². The number of nitrogens with two attached hydrogens (primary N) is 2. The Morgan fingerprint density at radius 2 is 1.94 bits per heavy atom. The van der Waals surface area contributed by atoms with Gasteiger partial charge in [-0.2, -0.15) is 0 Å². The van der Waals surface area contributed by atoms with E-state index in [9.17, 15) is 4.79 Å². The third kappa shape index (κ3) is 1.11. The zero-order chi connectivity index (χ0) is 11.3. The van der Waals surface area contributed by atoms with Crippen LogP contribution >= 0.6 is 0 Å². The SMILES string of the molecule is NC1=CC=C2c3ccc(N)cc3C(=O)C2C1. The lowest BCUT2D eigenvalue weighted by atomic mass is 9.90. The second kappa shape index (κ2) is 2.98. The number of fused-ring (bicyclic) bond motifs is 3. The van der Waals surface area contributed by atoms with E-state index in [1.807, 2.05) is 24.3 Å². The molecule has 2 aliphatic rings. The van der Waals surface area contributed by atoms with Crippen LogP contribution in [-0.4, -0.2) is 5.78 Å². The Hall–Kier alpha value is -2.03. The molecule has 0 amide bonds. The number of Topliss-reactive ketones (excluding diaryl/α,β-unsaturated/α-hetero) is 1. The lowest BCUT2D eigenvalue weighted by molar-refractivity contribution is 0.0957. The Kier molecular flexibility index (Phi) is 1.72. The summed E-state index contributed by atoms with van der Waals surface area (Å²) >= 11 is 0. The molecule has 0 bridgehead atoms. The van der Waals surface area contributed by atoms with E-state index >= 15 is 0 Å². The van der Waals surface area contributed by atoms with E-state index < -0.39 is 0 Å². The normalized spacial score (nSPS) is 22.2. The molecular formula is C13H12N2O. The molecule has 1 atom stereocenters. The van der Waals surface area contributed by atoms with Crippen molar-refractivity contribution in [3.05, 3.63) is 47.2 Å². The van der Waals surface area contributed by atoms with Crippen molar-refractivity contribution in [1.29, 1.82) is 0 Å². The van der Waals surface area contributed by atoms with Gasteiger partial charge in [-0.25, -0.2) is 0 Å². The number of rotatable bonds is 0. The van der Waals surface area contributed by atoms with Gasteiger partial charge in [-0.05, 0) is 29.3 Å². The largest absolute Gasteiger partial charge is 0.402 e. The zero-order valence-corrected chi connectivity index (χ0v) is 8.73. The topological polar surface area (TPSA) is 69.1 Å². The molecule has 16 heavy (non-hydrogen) atoms. The number of nitrogen functional groups attached to an aromatic ring is 1. The van der Waals surface area contributed by atoms with Crippen LogP contribution in [0.15, 0.2) is 36.0 Å². The zero-order valence-electron chi connectivity index (χ0n) is 8.73. The van der Waals surface area contributed by atoms with Gasteiger partial charge >= 0.3 is 0 Å². The van der Waals surface area contributed by atoms with Crippen LogP contribution in [0.2, 0.25) is 0 Å². The summed E-state index contributed by atoms with van der Waals surface area (Å²) in [6.07, 6.45) is 4.45. The highest BCUT2D eigenvalue weighted by Gasteiger charge is 2.36. The molecule has 0 fully saturated rings. The van der Waals surface area contributed by atoms with E-state index in [4.69, 9.17) is 11.5 Å². The first-order valence-corrected chi connectivity index (χ1v) is 5.27. The van der Waals surface area contributed by atoms with Crippen LogP contribution in [0.1, 0.15) is 22.3 Å². The summed E-state index contributed by atoms with van der Waals surface area (Å²) in [7, 11) is 0. The Labute approximate surface area is 93.4 Å². The fourth-order valence-corrected chi connectivity index (χ4v) is 2.44. The van der Waals surface area contributed by atoms with E-state index in [1.165, 1.54) is 0 Å². The summed E-state index contributed by atoms with van der Waals surface area (Å²) in [6, 6.07) is 5.51. The van der Waals surface area contributed by atoms with Gasteiger partial charge in [-0.3, -0.25) is 4.79 Å². The lowest BCUT2D eigenvalue weighted by Crippen LogP contribution is -2.15. The van der Waals surface area contributed by atoms with Gasteiger partial charge in [0.15, 0.2) is 5.78 Å². The fraction of sp³-hybridized carbons (Fsp3) is 0.154. The van der Waals surface area contributed by atoms with Gasteiger partial charge in [0.25, 0.3) is 0 Å². The number of allylic oxidation sites excluding steroid dienone is 4. The van der Waals surface area contributed by atoms with Gasteiger partial charge in [0.1, 0.15) is 0 Å². The van der Waals surface area contributed by atoms with Gasteiger partial charge in [-0.15, -0.1) is 0 Å². The molecule has 3 nitrogen and oxygen atoms in total. The van der Waals surface area contributed by atoms with Crippen molar-refractivity contribution < 1.29 is 4.79 Å². The summed E-state index contributed by atoms with van der Waals surface area (Å²) < 4.78 is 0. The molecule has 1 aromatic rings. The maximum absolute atomic E-state index is 12.1. The molecule has 0 spiro atoms. The van der Waals surface area contributed by atoms with Crippen molar-refractivity contribution in [2.75, 3.05) is 5.73 Å². The van der Waals surface area contributed by atoms with Crippen molar-refractivity contribution in [2.45, 2.75) is 6.42 Å². The number of benzene rings is 1. The summed E-state index contributed by atoms with van der Waals surface area (Å²) in [6.45, 7) is 0. The number of carbonyl (C=O) groups excluding carboxylic acids is 1. The molecule has 2 aliphatic carbocycles. The van der Waals surface area contributed by atoms with E-state index in [0.717, 1.165) is 22.4 Å². The minimum Gasteiger partial charge on any atom is -0.402 e. The van der Waals surface area contributed by atoms with Crippen molar-refractivity contribution in [3.8, 4) is 0 Å². The fourth-order valence-electron chi connectivity index (χ4n) is 2.44. The second-order valence-electron chi connectivity index (χ2n) is 4.29. The molecule has 0 saturated heterocycles. The van der Waals surface area contributed by atoms with Crippen LogP contribution in [0, 0.1) is 5.92 Å². The Morgan fingerprint density at radius 1 is 1.12 bits per heavy atom. The number of hydrogen-bond donors (Lipinski definition) is 2. The second-order valence-corrected chi connectivity index (χ2v) is 4.29. The van der Waals surface area contributed by atoms with Gasteiger partial charge < -0.3 is 11.5 Å². The quantitative estimate of drug-likeness (QED) is 0.643. The molecule has 1 aromatic carbocycles. The molecule has 3 rings (SSSR count). The van der Waals surface area contributed by atoms with Crippen LogP contribution in [-0.2, 0) is 0 Å².